The topological polar surface area (TPSA) is 33.1 Å². The number of pyridine rings is 1. The van der Waals surface area contributed by atoms with Crippen LogP contribution >= 0.6 is 31.9 Å². The average Bonchev–Trinajstić information content (AvgIpc) is 2.39. The summed E-state index contributed by atoms with van der Waals surface area (Å²) >= 11 is 6.79. The van der Waals surface area contributed by atoms with Crippen molar-refractivity contribution in [2.45, 2.75) is 25.9 Å². The minimum absolute atomic E-state index is 0.567. The molecule has 1 aromatic heterocycles. The first-order valence-corrected chi connectivity index (χ1v) is 7.75. The molecule has 1 atom stereocenters. The summed E-state index contributed by atoms with van der Waals surface area (Å²) in [6.07, 6.45) is 2.69. The van der Waals surface area contributed by atoms with Crippen molar-refractivity contribution in [2.75, 3.05) is 0 Å². The number of hydrogen-bond acceptors (Lipinski definition) is 2. The highest BCUT2D eigenvalue weighted by Crippen LogP contribution is 2.26. The minimum atomic E-state index is -0.602. The molecule has 0 saturated heterocycles. The molecule has 2 nitrogen and oxygen atoms in total. The molecule has 0 aliphatic rings. The lowest BCUT2D eigenvalue weighted by atomic mass is 10.0. The first-order valence-electron chi connectivity index (χ1n) is 6.17. The lowest BCUT2D eigenvalue weighted by molar-refractivity contribution is 0.172. The van der Waals surface area contributed by atoms with E-state index in [1.54, 1.807) is 6.20 Å². The van der Waals surface area contributed by atoms with Gasteiger partial charge in [0.05, 0.1) is 5.69 Å². The molecule has 100 valence electrons. The molecule has 2 aromatic rings. The Bertz CT molecular complexity index is 555. The second kappa shape index (κ2) is 6.64. The zero-order chi connectivity index (χ0) is 13.8. The number of halogens is 2. The van der Waals surface area contributed by atoms with Gasteiger partial charge in [0.15, 0.2) is 0 Å². The van der Waals surface area contributed by atoms with Crippen LogP contribution in [0.5, 0.6) is 0 Å². The van der Waals surface area contributed by atoms with E-state index in [-0.39, 0.29) is 0 Å². The monoisotopic (exact) mass is 383 g/mol. The first-order chi connectivity index (χ1) is 9.10. The standard InChI is InChI=1S/C15H15Br2NO/c1-2-10-3-5-11(6-4-10)7-14(19)15-13(17)8-12(16)9-18-15/h3-6,8-9,14,19H,2,7H2,1H3. The third kappa shape index (κ3) is 3.88. The Morgan fingerprint density at radius 1 is 1.16 bits per heavy atom. The van der Waals surface area contributed by atoms with Crippen molar-refractivity contribution >= 4 is 31.9 Å². The molecule has 0 aliphatic carbocycles. The molecule has 0 spiro atoms. The lowest BCUT2D eigenvalue weighted by Crippen LogP contribution is -2.05. The van der Waals surface area contributed by atoms with E-state index in [4.69, 9.17) is 0 Å². The van der Waals surface area contributed by atoms with Gasteiger partial charge in [-0.15, -0.1) is 0 Å². The van der Waals surface area contributed by atoms with Gasteiger partial charge in [-0.3, -0.25) is 4.98 Å². The smallest absolute Gasteiger partial charge is 0.101 e. The van der Waals surface area contributed by atoms with E-state index in [0.29, 0.717) is 12.1 Å². The van der Waals surface area contributed by atoms with E-state index in [2.05, 4.69) is 68.0 Å². The predicted molar refractivity (Wildman–Crippen MR) is 84.1 cm³/mol. The number of nitrogens with zero attached hydrogens (tertiary/aromatic N) is 1. The van der Waals surface area contributed by atoms with Gasteiger partial charge in [-0.2, -0.15) is 0 Å². The van der Waals surface area contributed by atoms with Crippen molar-refractivity contribution in [3.8, 4) is 0 Å². The Morgan fingerprint density at radius 2 is 1.79 bits per heavy atom. The van der Waals surface area contributed by atoms with Crippen LogP contribution in [0.25, 0.3) is 0 Å². The van der Waals surface area contributed by atoms with Gasteiger partial charge >= 0.3 is 0 Å². The molecule has 19 heavy (non-hydrogen) atoms. The molecule has 1 unspecified atom stereocenters. The van der Waals surface area contributed by atoms with Gasteiger partial charge in [-0.1, -0.05) is 31.2 Å². The van der Waals surface area contributed by atoms with Crippen molar-refractivity contribution in [2.24, 2.45) is 0 Å². The summed E-state index contributed by atoms with van der Waals surface area (Å²) in [4.78, 5) is 4.26. The Hall–Kier alpha value is -0.710. The van der Waals surface area contributed by atoms with E-state index in [1.165, 1.54) is 5.56 Å². The van der Waals surface area contributed by atoms with Gasteiger partial charge in [0, 0.05) is 21.6 Å². The normalized spacial score (nSPS) is 12.4. The fourth-order valence-corrected chi connectivity index (χ4v) is 3.15. The third-order valence-electron chi connectivity index (χ3n) is 3.01. The van der Waals surface area contributed by atoms with Gasteiger partial charge in [0.2, 0.25) is 0 Å². The van der Waals surface area contributed by atoms with Gasteiger partial charge in [-0.05, 0) is 55.5 Å². The highest BCUT2D eigenvalue weighted by molar-refractivity contribution is 9.11. The molecule has 2 rings (SSSR count). The molecule has 1 aromatic carbocycles. The average molecular weight is 385 g/mol. The molecule has 0 bridgehead atoms. The van der Waals surface area contributed by atoms with Crippen molar-refractivity contribution in [1.29, 1.82) is 0 Å². The van der Waals surface area contributed by atoms with Crippen molar-refractivity contribution in [1.82, 2.24) is 4.98 Å². The highest BCUT2D eigenvalue weighted by Gasteiger charge is 2.14. The van der Waals surface area contributed by atoms with Crippen LogP contribution in [0.2, 0.25) is 0 Å². The van der Waals surface area contributed by atoms with E-state index in [9.17, 15) is 5.11 Å². The molecule has 4 heteroatoms. The summed E-state index contributed by atoms with van der Waals surface area (Å²) in [5, 5.41) is 10.3. The molecule has 0 radical (unpaired) electrons. The van der Waals surface area contributed by atoms with Crippen LogP contribution in [0.3, 0.4) is 0 Å². The quantitative estimate of drug-likeness (QED) is 0.844. The van der Waals surface area contributed by atoms with Crippen LogP contribution < -0.4 is 0 Å². The van der Waals surface area contributed by atoms with Gasteiger partial charge in [0.1, 0.15) is 6.10 Å². The number of hydrogen-bond donors (Lipinski definition) is 1. The van der Waals surface area contributed by atoms with Crippen LogP contribution in [-0.2, 0) is 12.8 Å². The van der Waals surface area contributed by atoms with E-state index in [0.717, 1.165) is 20.9 Å². The highest BCUT2D eigenvalue weighted by atomic mass is 79.9. The number of aryl methyl sites for hydroxylation is 1. The summed E-state index contributed by atoms with van der Waals surface area (Å²) in [7, 11) is 0. The Morgan fingerprint density at radius 3 is 2.37 bits per heavy atom. The van der Waals surface area contributed by atoms with Crippen LogP contribution in [0.1, 0.15) is 29.8 Å². The van der Waals surface area contributed by atoms with Crippen molar-refractivity contribution < 1.29 is 5.11 Å². The van der Waals surface area contributed by atoms with Crippen molar-refractivity contribution in [3.05, 3.63) is 62.3 Å². The Balaban J connectivity index is 2.13. The summed E-state index contributed by atoms with van der Waals surface area (Å²) in [6.45, 7) is 2.13. The maximum absolute atomic E-state index is 10.3. The van der Waals surface area contributed by atoms with Gasteiger partial charge in [-0.25, -0.2) is 0 Å². The predicted octanol–water partition coefficient (Wildman–Crippen LogP) is 4.45. The zero-order valence-corrected chi connectivity index (χ0v) is 13.8. The Kier molecular flexibility index (Phi) is 5.13. The fraction of sp³-hybridized carbons (Fsp3) is 0.267. The van der Waals surface area contributed by atoms with Crippen LogP contribution in [-0.4, -0.2) is 10.1 Å². The summed E-state index contributed by atoms with van der Waals surface area (Å²) in [5.74, 6) is 0. The van der Waals surface area contributed by atoms with Gasteiger partial charge in [0.25, 0.3) is 0 Å². The molecular formula is C15H15Br2NO. The molecule has 0 aliphatic heterocycles. The Labute approximate surface area is 130 Å². The first kappa shape index (κ1) is 14.7. The second-order valence-electron chi connectivity index (χ2n) is 4.41. The number of aliphatic hydroxyl groups excluding tert-OH is 1. The number of aromatic nitrogens is 1. The number of aliphatic hydroxyl groups is 1. The zero-order valence-electron chi connectivity index (χ0n) is 10.6. The summed E-state index contributed by atoms with van der Waals surface area (Å²) < 4.78 is 1.71. The third-order valence-corrected chi connectivity index (χ3v) is 4.08. The molecular weight excluding hydrogens is 370 g/mol. The van der Waals surface area contributed by atoms with Crippen molar-refractivity contribution in [3.63, 3.8) is 0 Å². The molecule has 1 heterocycles. The second-order valence-corrected chi connectivity index (χ2v) is 6.18. The maximum Gasteiger partial charge on any atom is 0.101 e. The van der Waals surface area contributed by atoms with Crippen LogP contribution in [0, 0.1) is 0 Å². The van der Waals surface area contributed by atoms with Crippen LogP contribution in [0.15, 0.2) is 45.5 Å². The SMILES string of the molecule is CCc1ccc(CC(O)c2ncc(Br)cc2Br)cc1. The molecule has 0 amide bonds. The molecule has 0 fully saturated rings. The van der Waals surface area contributed by atoms with Crippen LogP contribution in [0.4, 0.5) is 0 Å². The minimum Gasteiger partial charge on any atom is -0.386 e. The number of benzene rings is 1. The number of rotatable bonds is 4. The largest absolute Gasteiger partial charge is 0.386 e. The maximum atomic E-state index is 10.3. The lowest BCUT2D eigenvalue weighted by Gasteiger charge is -2.12. The summed E-state index contributed by atoms with van der Waals surface area (Å²) in [6, 6.07) is 10.2. The van der Waals surface area contributed by atoms with E-state index >= 15 is 0 Å². The van der Waals surface area contributed by atoms with E-state index < -0.39 is 6.10 Å². The van der Waals surface area contributed by atoms with Gasteiger partial charge < -0.3 is 5.11 Å². The summed E-state index contributed by atoms with van der Waals surface area (Å²) in [5.41, 5.74) is 3.09. The molecule has 1 N–H and O–H groups in total. The molecule has 0 saturated carbocycles. The van der Waals surface area contributed by atoms with E-state index in [1.807, 2.05) is 6.07 Å². The fourth-order valence-electron chi connectivity index (χ4n) is 1.90.